The molecule has 138 valence electrons. The van der Waals surface area contributed by atoms with Gasteiger partial charge in [-0.25, -0.2) is 0 Å². The van der Waals surface area contributed by atoms with Crippen molar-refractivity contribution >= 4 is 21.6 Å². The van der Waals surface area contributed by atoms with E-state index in [2.05, 4.69) is 49.9 Å². The van der Waals surface area contributed by atoms with E-state index < -0.39 is 0 Å². The molecule has 24 heavy (non-hydrogen) atoms. The van der Waals surface area contributed by atoms with E-state index in [1.165, 1.54) is 23.4 Å². The minimum Gasteiger partial charge on any atom is -0.379 e. The SMILES string of the molecule is CC.CC(C)(C)Cc1ccccc1CSSCCN1CCOCC1. The third kappa shape index (κ3) is 9.36. The Morgan fingerprint density at radius 1 is 1.00 bits per heavy atom. The summed E-state index contributed by atoms with van der Waals surface area (Å²) in [4.78, 5) is 2.50. The fourth-order valence-electron chi connectivity index (χ4n) is 2.60. The first-order valence-electron chi connectivity index (χ1n) is 9.16. The maximum atomic E-state index is 5.38. The summed E-state index contributed by atoms with van der Waals surface area (Å²) in [5, 5.41) is 0. The van der Waals surface area contributed by atoms with E-state index in [1.807, 2.05) is 35.4 Å². The first kappa shape index (κ1) is 21.9. The summed E-state index contributed by atoms with van der Waals surface area (Å²) in [6, 6.07) is 8.91. The Kier molecular flexibility index (Phi) is 11.2. The topological polar surface area (TPSA) is 12.5 Å². The lowest BCUT2D eigenvalue weighted by atomic mass is 9.86. The second-order valence-corrected chi connectivity index (χ2v) is 9.63. The van der Waals surface area contributed by atoms with Gasteiger partial charge in [-0.3, -0.25) is 4.90 Å². The molecule has 1 fully saturated rings. The van der Waals surface area contributed by atoms with Gasteiger partial charge in [-0.15, -0.1) is 0 Å². The first-order chi connectivity index (χ1) is 11.5. The molecule has 1 aromatic rings. The van der Waals surface area contributed by atoms with Crippen molar-refractivity contribution in [1.82, 2.24) is 4.90 Å². The first-order valence-corrected chi connectivity index (χ1v) is 11.6. The van der Waals surface area contributed by atoms with Gasteiger partial charge < -0.3 is 4.74 Å². The Bertz CT molecular complexity index is 440. The zero-order valence-electron chi connectivity index (χ0n) is 16.1. The van der Waals surface area contributed by atoms with Crippen LogP contribution >= 0.6 is 21.6 Å². The summed E-state index contributed by atoms with van der Waals surface area (Å²) in [5.41, 5.74) is 3.36. The number of hydrogen-bond donors (Lipinski definition) is 0. The highest BCUT2D eigenvalue weighted by atomic mass is 33.1. The lowest BCUT2D eigenvalue weighted by Gasteiger charge is -2.26. The Hall–Kier alpha value is -0.160. The largest absolute Gasteiger partial charge is 0.379 e. The van der Waals surface area contributed by atoms with Gasteiger partial charge in [-0.05, 0) is 23.0 Å². The quantitative estimate of drug-likeness (QED) is 0.463. The van der Waals surface area contributed by atoms with Gasteiger partial charge in [0.05, 0.1) is 13.2 Å². The van der Waals surface area contributed by atoms with Gasteiger partial charge in [0, 0.05) is 31.1 Å². The minimum absolute atomic E-state index is 0.351. The molecule has 0 unspecified atom stereocenters. The Morgan fingerprint density at radius 3 is 2.25 bits per heavy atom. The zero-order valence-corrected chi connectivity index (χ0v) is 17.8. The number of nitrogens with zero attached hydrogens (tertiary/aromatic N) is 1. The third-order valence-corrected chi connectivity index (χ3v) is 6.03. The molecule has 1 saturated heterocycles. The zero-order chi connectivity index (χ0) is 17.8. The fraction of sp³-hybridized carbons (Fsp3) is 0.700. The van der Waals surface area contributed by atoms with Gasteiger partial charge in [0.15, 0.2) is 0 Å². The second-order valence-electron chi connectivity index (χ2n) is 7.04. The monoisotopic (exact) mass is 369 g/mol. The highest BCUT2D eigenvalue weighted by Gasteiger charge is 2.14. The van der Waals surface area contributed by atoms with Crippen LogP contribution in [0, 0.1) is 5.41 Å². The number of morpholine rings is 1. The molecule has 0 amide bonds. The van der Waals surface area contributed by atoms with E-state index >= 15 is 0 Å². The minimum atomic E-state index is 0.351. The lowest BCUT2D eigenvalue weighted by Crippen LogP contribution is -2.37. The van der Waals surface area contributed by atoms with Crippen LogP contribution in [-0.2, 0) is 16.9 Å². The smallest absolute Gasteiger partial charge is 0.0594 e. The molecule has 1 aliphatic rings. The Morgan fingerprint density at radius 2 is 1.62 bits per heavy atom. The molecule has 0 N–H and O–H groups in total. The summed E-state index contributed by atoms with van der Waals surface area (Å²) < 4.78 is 5.38. The van der Waals surface area contributed by atoms with Crippen LogP contribution in [0.3, 0.4) is 0 Å². The molecule has 4 heteroatoms. The lowest BCUT2D eigenvalue weighted by molar-refractivity contribution is 0.0410. The molecule has 0 aromatic heterocycles. The summed E-state index contributed by atoms with van der Waals surface area (Å²) in [6.45, 7) is 16.1. The van der Waals surface area contributed by atoms with Crippen LogP contribution in [0.15, 0.2) is 24.3 Å². The highest BCUT2D eigenvalue weighted by molar-refractivity contribution is 8.76. The van der Waals surface area contributed by atoms with Crippen molar-refractivity contribution in [1.29, 1.82) is 0 Å². The van der Waals surface area contributed by atoms with E-state index in [1.54, 1.807) is 0 Å². The highest BCUT2D eigenvalue weighted by Crippen LogP contribution is 2.30. The maximum Gasteiger partial charge on any atom is 0.0594 e. The van der Waals surface area contributed by atoms with Crippen LogP contribution in [0.1, 0.15) is 45.7 Å². The fourth-order valence-corrected chi connectivity index (χ4v) is 4.75. The Labute approximate surface area is 157 Å². The number of hydrogen-bond acceptors (Lipinski definition) is 4. The van der Waals surface area contributed by atoms with Crippen molar-refractivity contribution in [2.75, 3.05) is 38.6 Å². The predicted molar refractivity (Wildman–Crippen MR) is 112 cm³/mol. The molecule has 0 aliphatic carbocycles. The molecular formula is C20H35NOS2. The average molecular weight is 370 g/mol. The van der Waals surface area contributed by atoms with E-state index in [4.69, 9.17) is 4.74 Å². The molecule has 0 saturated carbocycles. The van der Waals surface area contributed by atoms with Crippen molar-refractivity contribution in [3.05, 3.63) is 35.4 Å². The molecule has 2 nitrogen and oxygen atoms in total. The summed E-state index contributed by atoms with van der Waals surface area (Å²) in [6.07, 6.45) is 1.15. The molecule has 1 heterocycles. The molecular weight excluding hydrogens is 334 g/mol. The molecule has 0 bridgehead atoms. The number of benzene rings is 1. The van der Waals surface area contributed by atoms with Crippen LogP contribution in [0.5, 0.6) is 0 Å². The van der Waals surface area contributed by atoms with Crippen LogP contribution in [0.4, 0.5) is 0 Å². The van der Waals surface area contributed by atoms with Crippen LogP contribution in [0.2, 0.25) is 0 Å². The average Bonchev–Trinajstić information content (AvgIpc) is 2.57. The second kappa shape index (κ2) is 12.2. The predicted octanol–water partition coefficient (Wildman–Crippen LogP) is 5.52. The molecule has 1 aromatic carbocycles. The van der Waals surface area contributed by atoms with Crippen molar-refractivity contribution in [2.24, 2.45) is 5.41 Å². The summed E-state index contributed by atoms with van der Waals surface area (Å²) in [7, 11) is 4.00. The molecule has 2 rings (SSSR count). The van der Waals surface area contributed by atoms with E-state index in [-0.39, 0.29) is 0 Å². The van der Waals surface area contributed by atoms with Gasteiger partial charge in [0.25, 0.3) is 0 Å². The van der Waals surface area contributed by atoms with Gasteiger partial charge in [0.2, 0.25) is 0 Å². The van der Waals surface area contributed by atoms with Gasteiger partial charge in [-0.1, -0.05) is 80.5 Å². The van der Waals surface area contributed by atoms with Crippen LogP contribution in [0.25, 0.3) is 0 Å². The van der Waals surface area contributed by atoms with Crippen molar-refractivity contribution in [3.63, 3.8) is 0 Å². The molecule has 0 atom stereocenters. The maximum absolute atomic E-state index is 5.38. The van der Waals surface area contributed by atoms with Crippen molar-refractivity contribution < 1.29 is 4.74 Å². The van der Waals surface area contributed by atoms with E-state index in [0.29, 0.717) is 5.41 Å². The van der Waals surface area contributed by atoms with Gasteiger partial charge in [0.1, 0.15) is 0 Å². The van der Waals surface area contributed by atoms with E-state index in [0.717, 1.165) is 38.5 Å². The van der Waals surface area contributed by atoms with Crippen molar-refractivity contribution in [2.45, 2.75) is 46.8 Å². The van der Waals surface area contributed by atoms with Crippen LogP contribution in [-0.4, -0.2) is 43.5 Å². The summed E-state index contributed by atoms with van der Waals surface area (Å²) >= 11 is 0. The number of ether oxygens (including phenoxy) is 1. The standard InChI is InChI=1S/C18H29NOS2.C2H6/c1-18(2,3)14-16-6-4-5-7-17(16)15-22-21-13-10-19-8-11-20-12-9-19;1-2/h4-7H,8-15H2,1-3H3;1-2H3. The summed E-state index contributed by atoms with van der Waals surface area (Å²) in [5.74, 6) is 2.31. The van der Waals surface area contributed by atoms with E-state index in [9.17, 15) is 0 Å². The molecule has 0 spiro atoms. The molecule has 1 aliphatic heterocycles. The van der Waals surface area contributed by atoms with Gasteiger partial charge in [-0.2, -0.15) is 0 Å². The van der Waals surface area contributed by atoms with Gasteiger partial charge >= 0.3 is 0 Å². The Balaban J connectivity index is 0.00000139. The normalized spacial score (nSPS) is 15.7. The number of rotatable bonds is 7. The van der Waals surface area contributed by atoms with Crippen LogP contribution < -0.4 is 0 Å². The third-order valence-electron chi connectivity index (χ3n) is 3.73. The molecule has 0 radical (unpaired) electrons. The van der Waals surface area contributed by atoms with Crippen molar-refractivity contribution in [3.8, 4) is 0 Å².